The molecule has 29 heavy (non-hydrogen) atoms. The largest absolute Gasteiger partial charge is 0.419 e. The zero-order valence-corrected chi connectivity index (χ0v) is 17.4. The molecule has 9 heteroatoms. The lowest BCUT2D eigenvalue weighted by Gasteiger charge is -2.19. The van der Waals surface area contributed by atoms with Crippen LogP contribution in [0.15, 0.2) is 29.4 Å². The number of halogens is 4. The predicted molar refractivity (Wildman–Crippen MR) is 102 cm³/mol. The fraction of sp³-hybridized carbons (Fsp3) is 0.450. The summed E-state index contributed by atoms with van der Waals surface area (Å²) in [6.07, 6.45) is -1.72. The molecule has 0 saturated heterocycles. The van der Waals surface area contributed by atoms with Crippen LogP contribution >= 0.6 is 11.5 Å². The molecule has 0 aliphatic rings. The van der Waals surface area contributed by atoms with Gasteiger partial charge in [-0.1, -0.05) is 6.07 Å². The summed E-state index contributed by atoms with van der Waals surface area (Å²) >= 11 is 1.16. The first-order valence-electron chi connectivity index (χ1n) is 8.97. The van der Waals surface area contributed by atoms with Crippen molar-refractivity contribution in [3.05, 3.63) is 51.6 Å². The average Bonchev–Trinajstić information content (AvgIpc) is 2.96. The highest BCUT2D eigenvalue weighted by Crippen LogP contribution is 2.32. The summed E-state index contributed by atoms with van der Waals surface area (Å²) in [4.78, 5) is 27.6. The van der Waals surface area contributed by atoms with Crippen LogP contribution in [0.5, 0.6) is 0 Å². The normalized spacial score (nSPS) is 13.0. The molecule has 4 nitrogen and oxygen atoms in total. The van der Waals surface area contributed by atoms with Crippen LogP contribution in [0.3, 0.4) is 0 Å². The molecule has 0 aliphatic heterocycles. The van der Waals surface area contributed by atoms with Crippen LogP contribution in [0.4, 0.5) is 17.6 Å². The van der Waals surface area contributed by atoms with E-state index in [0.717, 1.165) is 23.7 Å². The van der Waals surface area contributed by atoms with Gasteiger partial charge in [-0.15, -0.1) is 0 Å². The lowest BCUT2D eigenvalue weighted by Crippen LogP contribution is -2.18. The summed E-state index contributed by atoms with van der Waals surface area (Å²) in [5.74, 6) is -2.68. The SMILES string of the molecule is CC(=O)CCCc1cn(C(C)(C)C)s/c1=N\C(=O)c1cccc(C(F)(F)F)c1F. The molecule has 1 amide bonds. The van der Waals surface area contributed by atoms with E-state index in [4.69, 9.17) is 0 Å². The van der Waals surface area contributed by atoms with Gasteiger partial charge in [0.05, 0.1) is 11.1 Å². The van der Waals surface area contributed by atoms with E-state index in [-0.39, 0.29) is 11.3 Å². The van der Waals surface area contributed by atoms with Gasteiger partial charge in [0.25, 0.3) is 5.91 Å². The summed E-state index contributed by atoms with van der Waals surface area (Å²) in [6, 6.07) is 2.54. The van der Waals surface area contributed by atoms with E-state index in [1.807, 2.05) is 24.7 Å². The van der Waals surface area contributed by atoms with Crippen molar-refractivity contribution in [3.63, 3.8) is 0 Å². The summed E-state index contributed by atoms with van der Waals surface area (Å²) in [5.41, 5.74) is -1.86. The molecule has 2 aromatic rings. The van der Waals surface area contributed by atoms with Gasteiger partial charge in [0.2, 0.25) is 0 Å². The maximum atomic E-state index is 14.3. The second-order valence-electron chi connectivity index (χ2n) is 7.68. The lowest BCUT2D eigenvalue weighted by molar-refractivity contribution is -0.140. The third-order valence-electron chi connectivity index (χ3n) is 4.11. The molecule has 0 N–H and O–H groups in total. The monoisotopic (exact) mass is 430 g/mol. The number of nitrogens with zero attached hydrogens (tertiary/aromatic N) is 2. The summed E-state index contributed by atoms with van der Waals surface area (Å²) < 4.78 is 55.2. The molecule has 1 heterocycles. The minimum atomic E-state index is -4.91. The number of aryl methyl sites for hydroxylation is 1. The molecule has 0 spiro atoms. The number of amides is 1. The van der Waals surface area contributed by atoms with Crippen molar-refractivity contribution < 1.29 is 27.2 Å². The maximum Gasteiger partial charge on any atom is 0.419 e. The molecular weight excluding hydrogens is 408 g/mol. The molecule has 0 fully saturated rings. The maximum absolute atomic E-state index is 14.3. The van der Waals surface area contributed by atoms with Crippen LogP contribution in [-0.2, 0) is 22.9 Å². The summed E-state index contributed by atoms with van der Waals surface area (Å²) in [5, 5.41) is 0. The number of hydrogen-bond acceptors (Lipinski definition) is 3. The molecule has 0 unspecified atom stereocenters. The van der Waals surface area contributed by atoms with Crippen molar-refractivity contribution >= 4 is 23.2 Å². The number of aromatic nitrogens is 1. The molecule has 158 valence electrons. The molecule has 2 rings (SSSR count). The summed E-state index contributed by atoms with van der Waals surface area (Å²) in [6.45, 7) is 7.32. The van der Waals surface area contributed by atoms with Gasteiger partial charge in [-0.3, -0.25) is 8.75 Å². The molecule has 1 aromatic carbocycles. The highest BCUT2D eigenvalue weighted by Gasteiger charge is 2.35. The first-order valence-corrected chi connectivity index (χ1v) is 9.74. The fourth-order valence-electron chi connectivity index (χ4n) is 2.57. The minimum absolute atomic E-state index is 0.0320. The number of rotatable bonds is 5. The van der Waals surface area contributed by atoms with E-state index in [0.29, 0.717) is 35.6 Å². The quantitative estimate of drug-likeness (QED) is 0.619. The Kier molecular flexibility index (Phi) is 6.82. The number of hydrogen-bond donors (Lipinski definition) is 0. The second-order valence-corrected chi connectivity index (χ2v) is 8.65. The van der Waals surface area contributed by atoms with E-state index in [2.05, 4.69) is 4.99 Å². The number of benzene rings is 1. The molecule has 0 aliphatic carbocycles. The topological polar surface area (TPSA) is 51.4 Å². The Labute approximate surface area is 170 Å². The van der Waals surface area contributed by atoms with Crippen LogP contribution in [0, 0.1) is 5.82 Å². The first kappa shape index (κ1) is 23.0. The smallest absolute Gasteiger partial charge is 0.300 e. The first-order chi connectivity index (χ1) is 13.3. The Morgan fingerprint density at radius 2 is 1.83 bits per heavy atom. The number of carbonyl (C=O) groups excluding carboxylic acids is 2. The molecule has 0 radical (unpaired) electrons. The molecule has 0 atom stereocenters. The van der Waals surface area contributed by atoms with Crippen LogP contribution in [0.25, 0.3) is 0 Å². The Hall–Kier alpha value is -2.29. The van der Waals surface area contributed by atoms with E-state index >= 15 is 0 Å². The molecule has 1 aromatic heterocycles. The van der Waals surface area contributed by atoms with E-state index in [1.54, 1.807) is 6.20 Å². The van der Waals surface area contributed by atoms with Gasteiger partial charge in [0.1, 0.15) is 16.3 Å². The van der Waals surface area contributed by atoms with E-state index < -0.39 is 29.0 Å². The second kappa shape index (κ2) is 8.61. The van der Waals surface area contributed by atoms with Crippen molar-refractivity contribution in [2.24, 2.45) is 4.99 Å². The van der Waals surface area contributed by atoms with Gasteiger partial charge in [-0.25, -0.2) is 4.39 Å². The third-order valence-corrected chi connectivity index (χ3v) is 5.48. The molecular formula is C20H22F4N2O2S. The average molecular weight is 430 g/mol. The zero-order chi connectivity index (χ0) is 22.0. The Bertz CT molecular complexity index is 982. The van der Waals surface area contributed by atoms with Crippen LogP contribution in [-0.4, -0.2) is 15.6 Å². The minimum Gasteiger partial charge on any atom is -0.300 e. The molecule has 0 saturated carbocycles. The van der Waals surface area contributed by atoms with Gasteiger partial charge in [0, 0.05) is 23.7 Å². The van der Waals surface area contributed by atoms with Crippen LogP contribution < -0.4 is 4.67 Å². The molecule has 0 bridgehead atoms. The number of ketones is 1. The van der Waals surface area contributed by atoms with Gasteiger partial charge >= 0.3 is 6.18 Å². The van der Waals surface area contributed by atoms with Gasteiger partial charge in [0.15, 0.2) is 0 Å². The van der Waals surface area contributed by atoms with Crippen molar-refractivity contribution in [2.45, 2.75) is 58.7 Å². The zero-order valence-electron chi connectivity index (χ0n) is 16.6. The predicted octanol–water partition coefficient (Wildman–Crippen LogP) is 5.12. The van der Waals surface area contributed by atoms with Gasteiger partial charge in [-0.05, 0) is 64.2 Å². The highest BCUT2D eigenvalue weighted by molar-refractivity contribution is 7.04. The fourth-order valence-corrected chi connectivity index (χ4v) is 3.60. The van der Waals surface area contributed by atoms with Gasteiger partial charge in [-0.2, -0.15) is 18.2 Å². The highest BCUT2D eigenvalue weighted by atomic mass is 32.1. The summed E-state index contributed by atoms with van der Waals surface area (Å²) in [7, 11) is 0. The lowest BCUT2D eigenvalue weighted by atomic mass is 10.1. The third kappa shape index (κ3) is 5.85. The van der Waals surface area contributed by atoms with E-state index in [1.165, 1.54) is 6.92 Å². The number of alkyl halides is 3. The Morgan fingerprint density at radius 3 is 2.38 bits per heavy atom. The van der Waals surface area contributed by atoms with E-state index in [9.17, 15) is 27.2 Å². The Morgan fingerprint density at radius 1 is 1.17 bits per heavy atom. The van der Waals surface area contributed by atoms with Crippen molar-refractivity contribution in [2.75, 3.05) is 0 Å². The van der Waals surface area contributed by atoms with Crippen LogP contribution in [0.1, 0.15) is 62.0 Å². The van der Waals surface area contributed by atoms with Crippen molar-refractivity contribution in [3.8, 4) is 0 Å². The number of Topliss-reactive ketones (excluding diaryl/α,β-unsaturated/α-hetero) is 1. The Balaban J connectivity index is 2.48. The number of carbonyl (C=O) groups is 2. The van der Waals surface area contributed by atoms with Crippen molar-refractivity contribution in [1.29, 1.82) is 0 Å². The van der Waals surface area contributed by atoms with Gasteiger partial charge < -0.3 is 4.79 Å². The standard InChI is InChI=1S/C20H22F4N2O2S/c1-12(27)7-5-8-13-11-26(19(2,3)4)29-18(13)25-17(28)14-9-6-10-15(16(14)21)20(22,23)24/h6,9-11H,5,7-8H2,1-4H3/b25-18-. The van der Waals surface area contributed by atoms with Crippen LogP contribution in [0.2, 0.25) is 0 Å². The van der Waals surface area contributed by atoms with Crippen molar-refractivity contribution in [1.82, 2.24) is 3.96 Å².